The van der Waals surface area contributed by atoms with Crippen LogP contribution in [-0.2, 0) is 11.3 Å². The summed E-state index contributed by atoms with van der Waals surface area (Å²) < 4.78 is 2.15. The number of carbonyl (C=O) groups excluding carboxylic acids is 2. The monoisotopic (exact) mass is 461 g/mol. The molecule has 0 aliphatic rings. The lowest BCUT2D eigenvalue weighted by molar-refractivity contribution is -0.117. The molecule has 7 nitrogen and oxygen atoms in total. The molecule has 0 saturated heterocycles. The summed E-state index contributed by atoms with van der Waals surface area (Å²) in [7, 11) is 0. The number of nitrogens with zero attached hydrogens (tertiary/aromatic N) is 3. The van der Waals surface area contributed by atoms with E-state index < -0.39 is 5.91 Å². The average molecular weight is 463 g/mol. The van der Waals surface area contributed by atoms with Crippen LogP contribution in [0, 0.1) is 13.8 Å². The third-order valence-electron chi connectivity index (χ3n) is 4.09. The Hall–Kier alpha value is -2.71. The van der Waals surface area contributed by atoms with E-state index >= 15 is 0 Å². The number of carbonyl (C=O) groups is 2. The van der Waals surface area contributed by atoms with Gasteiger partial charge in [-0.15, -0.1) is 5.10 Å². The smallest absolute Gasteiger partial charge is 0.278 e. The maximum absolute atomic E-state index is 12.6. The van der Waals surface area contributed by atoms with Crippen LogP contribution in [0.5, 0.6) is 0 Å². The molecule has 3 aromatic rings. The molecule has 144 valence electrons. The van der Waals surface area contributed by atoms with Gasteiger partial charge in [0.2, 0.25) is 5.91 Å². The Morgan fingerprint density at radius 2 is 1.86 bits per heavy atom. The molecule has 2 aromatic carbocycles. The first-order valence-corrected chi connectivity index (χ1v) is 9.54. The van der Waals surface area contributed by atoms with Crippen LogP contribution in [0.25, 0.3) is 0 Å². The highest BCUT2D eigenvalue weighted by molar-refractivity contribution is 9.10. The zero-order valence-corrected chi connectivity index (χ0v) is 17.5. The topological polar surface area (TPSA) is 88.9 Å². The van der Waals surface area contributed by atoms with Gasteiger partial charge in [0, 0.05) is 15.2 Å². The summed E-state index contributed by atoms with van der Waals surface area (Å²) in [5.74, 6) is -0.696. The van der Waals surface area contributed by atoms with E-state index in [0.717, 1.165) is 10.0 Å². The van der Waals surface area contributed by atoms with Crippen molar-refractivity contribution in [3.8, 4) is 0 Å². The van der Waals surface area contributed by atoms with Crippen molar-refractivity contribution < 1.29 is 9.59 Å². The first kappa shape index (κ1) is 20.0. The second kappa shape index (κ2) is 8.53. The first-order valence-electron chi connectivity index (χ1n) is 8.37. The molecule has 0 radical (unpaired) electrons. The second-order valence-corrected chi connectivity index (χ2v) is 7.41. The number of nitrogens with one attached hydrogen (secondary N) is 2. The molecular formula is C19H17BrClN5O2. The van der Waals surface area contributed by atoms with E-state index in [0.29, 0.717) is 22.1 Å². The number of benzene rings is 2. The largest absolute Gasteiger partial charge is 0.323 e. The van der Waals surface area contributed by atoms with Gasteiger partial charge in [-0.05, 0) is 59.6 Å². The van der Waals surface area contributed by atoms with Gasteiger partial charge >= 0.3 is 0 Å². The first-order chi connectivity index (χ1) is 13.3. The van der Waals surface area contributed by atoms with Crippen LogP contribution in [0.2, 0.25) is 5.02 Å². The normalized spacial score (nSPS) is 10.6. The van der Waals surface area contributed by atoms with Crippen molar-refractivity contribution >= 4 is 50.7 Å². The van der Waals surface area contributed by atoms with Crippen LogP contribution in [0.4, 0.5) is 11.4 Å². The van der Waals surface area contributed by atoms with Crippen LogP contribution < -0.4 is 10.6 Å². The molecule has 0 saturated carbocycles. The lowest BCUT2D eigenvalue weighted by Crippen LogP contribution is -2.21. The van der Waals surface area contributed by atoms with Crippen molar-refractivity contribution in [1.29, 1.82) is 0 Å². The number of halogens is 2. The number of aryl methyl sites for hydroxylation is 1. The number of hydrogen-bond donors (Lipinski definition) is 2. The van der Waals surface area contributed by atoms with E-state index in [2.05, 4.69) is 36.9 Å². The van der Waals surface area contributed by atoms with Gasteiger partial charge in [-0.2, -0.15) is 0 Å². The molecule has 2 amide bonds. The molecule has 0 spiro atoms. The Morgan fingerprint density at radius 3 is 2.61 bits per heavy atom. The van der Waals surface area contributed by atoms with E-state index in [1.54, 1.807) is 25.1 Å². The van der Waals surface area contributed by atoms with E-state index in [1.165, 1.54) is 4.68 Å². The molecule has 9 heteroatoms. The van der Waals surface area contributed by atoms with Crippen LogP contribution in [-0.4, -0.2) is 26.8 Å². The van der Waals surface area contributed by atoms with E-state index in [1.807, 2.05) is 31.2 Å². The molecule has 0 unspecified atom stereocenters. The van der Waals surface area contributed by atoms with Crippen molar-refractivity contribution in [1.82, 2.24) is 15.0 Å². The minimum atomic E-state index is -0.416. The van der Waals surface area contributed by atoms with Gasteiger partial charge in [0.05, 0.1) is 11.4 Å². The number of aromatic nitrogens is 3. The van der Waals surface area contributed by atoms with Gasteiger partial charge in [0.15, 0.2) is 5.69 Å². The Labute approximate surface area is 175 Å². The fraction of sp³-hybridized carbons (Fsp3) is 0.158. The summed E-state index contributed by atoms with van der Waals surface area (Å²) in [6, 6.07) is 12.5. The van der Waals surface area contributed by atoms with Gasteiger partial charge in [0.25, 0.3) is 5.91 Å². The zero-order chi connectivity index (χ0) is 20.3. The quantitative estimate of drug-likeness (QED) is 0.595. The Balaban J connectivity index is 1.71. The van der Waals surface area contributed by atoms with E-state index in [-0.39, 0.29) is 18.1 Å². The lowest BCUT2D eigenvalue weighted by Gasteiger charge is -2.09. The summed E-state index contributed by atoms with van der Waals surface area (Å²) in [5.41, 5.74) is 2.75. The zero-order valence-electron chi connectivity index (χ0n) is 15.2. The van der Waals surface area contributed by atoms with Crippen LogP contribution >= 0.6 is 27.5 Å². The van der Waals surface area contributed by atoms with Gasteiger partial charge < -0.3 is 10.6 Å². The predicted octanol–water partition coefficient (Wildman–Crippen LogP) is 4.20. The summed E-state index contributed by atoms with van der Waals surface area (Å²) in [6.45, 7) is 3.48. The van der Waals surface area contributed by atoms with Crippen molar-refractivity contribution in [2.75, 3.05) is 10.6 Å². The average Bonchev–Trinajstić information content (AvgIpc) is 3.00. The molecule has 0 atom stereocenters. The predicted molar refractivity (Wildman–Crippen MR) is 112 cm³/mol. The second-order valence-electron chi connectivity index (χ2n) is 6.12. The SMILES string of the molecule is Cc1ccc(Cl)cc1NC(=O)c1nnn(CC(=O)Nc2ccccc2Br)c1C. The van der Waals surface area contributed by atoms with E-state index in [4.69, 9.17) is 11.6 Å². The lowest BCUT2D eigenvalue weighted by atomic mass is 10.2. The van der Waals surface area contributed by atoms with Crippen LogP contribution in [0.1, 0.15) is 21.7 Å². The van der Waals surface area contributed by atoms with Gasteiger partial charge in [-0.1, -0.05) is 35.0 Å². The molecule has 1 aromatic heterocycles. The molecule has 0 aliphatic carbocycles. The molecule has 3 rings (SSSR count). The molecule has 0 fully saturated rings. The van der Waals surface area contributed by atoms with Gasteiger partial charge in [0.1, 0.15) is 6.54 Å². The maximum atomic E-state index is 12.6. The Morgan fingerprint density at radius 1 is 1.11 bits per heavy atom. The van der Waals surface area contributed by atoms with Crippen molar-refractivity contribution in [3.05, 3.63) is 68.9 Å². The highest BCUT2D eigenvalue weighted by atomic mass is 79.9. The number of hydrogen-bond acceptors (Lipinski definition) is 4. The van der Waals surface area contributed by atoms with Gasteiger partial charge in [-0.25, -0.2) is 4.68 Å². The van der Waals surface area contributed by atoms with Crippen molar-refractivity contribution in [2.24, 2.45) is 0 Å². The van der Waals surface area contributed by atoms with Gasteiger partial charge in [-0.3, -0.25) is 9.59 Å². The van der Waals surface area contributed by atoms with E-state index in [9.17, 15) is 9.59 Å². The molecule has 28 heavy (non-hydrogen) atoms. The van der Waals surface area contributed by atoms with Crippen molar-refractivity contribution in [3.63, 3.8) is 0 Å². The third kappa shape index (κ3) is 4.58. The summed E-state index contributed by atoms with van der Waals surface area (Å²) >= 11 is 9.36. The molecular weight excluding hydrogens is 446 g/mol. The Bertz CT molecular complexity index is 1050. The minimum Gasteiger partial charge on any atom is -0.323 e. The Kier molecular flexibility index (Phi) is 6.11. The fourth-order valence-electron chi connectivity index (χ4n) is 2.52. The summed E-state index contributed by atoms with van der Waals surface area (Å²) in [6.07, 6.45) is 0. The molecule has 0 aliphatic heterocycles. The molecule has 2 N–H and O–H groups in total. The van der Waals surface area contributed by atoms with Crippen LogP contribution in [0.15, 0.2) is 46.9 Å². The highest BCUT2D eigenvalue weighted by Crippen LogP contribution is 2.22. The molecule has 0 bridgehead atoms. The molecule has 1 heterocycles. The highest BCUT2D eigenvalue weighted by Gasteiger charge is 2.19. The fourth-order valence-corrected chi connectivity index (χ4v) is 3.08. The number of amides is 2. The number of para-hydroxylation sites is 1. The van der Waals surface area contributed by atoms with Crippen LogP contribution in [0.3, 0.4) is 0 Å². The summed E-state index contributed by atoms with van der Waals surface area (Å²) in [5, 5.41) is 13.9. The number of anilines is 2. The standard InChI is InChI=1S/C19H17BrClN5O2/c1-11-7-8-13(21)9-16(11)23-19(28)18-12(2)26(25-24-18)10-17(27)22-15-6-4-3-5-14(15)20/h3-9H,10H2,1-2H3,(H,22,27)(H,23,28). The maximum Gasteiger partial charge on any atom is 0.278 e. The third-order valence-corrected chi connectivity index (χ3v) is 5.01. The van der Waals surface area contributed by atoms with Crippen molar-refractivity contribution in [2.45, 2.75) is 20.4 Å². The number of rotatable bonds is 5. The summed E-state index contributed by atoms with van der Waals surface area (Å²) in [4.78, 5) is 24.9. The minimum absolute atomic E-state index is 0.0658.